The maximum absolute atomic E-state index is 3.25. The van der Waals surface area contributed by atoms with Crippen molar-refractivity contribution in [3.05, 3.63) is 29.2 Å². The van der Waals surface area contributed by atoms with E-state index < -0.39 is 0 Å². The molecule has 7 heavy (non-hydrogen) atoms. The molecule has 0 nitrogen and oxygen atoms in total. The van der Waals surface area contributed by atoms with Crippen LogP contribution in [-0.4, -0.2) is 0 Å². The average molecular weight is 205 g/mol. The predicted molar refractivity (Wildman–Crippen MR) is 30.3 cm³/mol. The van der Waals surface area contributed by atoms with Crippen molar-refractivity contribution in [3.63, 3.8) is 0 Å². The Bertz CT molecular complexity index is 6.04. The Balaban J connectivity index is -0.000000000500. The van der Waals surface area contributed by atoms with Crippen LogP contribution in [-0.2, 0) is 39.0 Å². The topological polar surface area (TPSA) is 0 Å². The summed E-state index contributed by atoms with van der Waals surface area (Å²) in [6, 6.07) is 0. The van der Waals surface area contributed by atoms with Gasteiger partial charge in [-0.05, 0) is 0 Å². The van der Waals surface area contributed by atoms with E-state index >= 15 is 0 Å². The van der Waals surface area contributed by atoms with Gasteiger partial charge in [-0.2, -0.15) is 6.92 Å². The molecule has 0 unspecified atom stereocenters. The monoisotopic (exact) mass is 202 g/mol. The van der Waals surface area contributed by atoms with Gasteiger partial charge >= 0.3 is 39.0 Å². The van der Waals surface area contributed by atoms with E-state index in [-0.39, 0.29) is 61.2 Å². The van der Waals surface area contributed by atoms with E-state index in [0.29, 0.717) is 0 Å². The Morgan fingerprint density at radius 1 is 0.714 bits per heavy atom. The predicted octanol–water partition coefficient (Wildman–Crippen LogP) is 2.19. The fourth-order valence-corrected chi connectivity index (χ4v) is 0. The summed E-state index contributed by atoms with van der Waals surface area (Å²) >= 11 is 0. The first-order valence-electron chi connectivity index (χ1n) is 0.707. The van der Waals surface area contributed by atoms with Gasteiger partial charge < -0.3 is 29.2 Å². The maximum atomic E-state index is 3.25. The van der Waals surface area contributed by atoms with Crippen molar-refractivity contribution < 1.29 is 39.0 Å². The molecule has 0 spiro atoms. The molecule has 0 aromatic heterocycles. The Hall–Kier alpha value is 1.25. The third-order valence-electron chi connectivity index (χ3n) is 0. The maximum Gasteiger partial charge on any atom is 2.00 e. The Kier molecular flexibility index (Phi) is 2230. The summed E-state index contributed by atoms with van der Waals surface area (Å²) in [4.78, 5) is 0. The molecule has 2 heteroatoms. The molecule has 0 saturated heterocycles. The molecule has 0 aliphatic heterocycles. The van der Waals surface area contributed by atoms with Crippen molar-refractivity contribution >= 4 is 0 Å². The first-order chi connectivity index (χ1) is 1.00. The van der Waals surface area contributed by atoms with Crippen molar-refractivity contribution in [3.8, 4) is 0 Å². The first-order valence-corrected chi connectivity index (χ1v) is 0.707. The third-order valence-corrected chi connectivity index (χ3v) is 0. The van der Waals surface area contributed by atoms with Gasteiger partial charge in [0.15, 0.2) is 0 Å². The molecule has 0 heterocycles. The van der Waals surface area contributed by atoms with E-state index in [1.165, 1.54) is 0 Å². The smallest absolute Gasteiger partial charge is 0.358 e. The minimum atomic E-state index is 0. The van der Waals surface area contributed by atoms with Gasteiger partial charge in [-0.3, -0.25) is 0 Å². The summed E-state index contributed by atoms with van der Waals surface area (Å²) < 4.78 is 0. The normalized spacial score (nSPS) is 0.857. The van der Waals surface area contributed by atoms with Gasteiger partial charge in [-0.1, -0.05) is 0 Å². The van der Waals surface area contributed by atoms with Gasteiger partial charge in [-0.25, -0.2) is 0 Å². The zero-order valence-corrected chi connectivity index (χ0v) is 12.1. The van der Waals surface area contributed by atoms with Gasteiger partial charge in [0.05, 0.1) is 0 Å². The van der Waals surface area contributed by atoms with Crippen LogP contribution >= 0.6 is 0 Å². The SMILES string of the molecule is [CH2-]C.[CH3-].[CH3-].[CH3-].[Zn+2].[Zn+2]. The number of hydrogen-bond acceptors (Lipinski definition) is 0. The molecule has 38 valence electrons. The van der Waals surface area contributed by atoms with E-state index in [0.717, 1.165) is 0 Å². The van der Waals surface area contributed by atoms with Crippen molar-refractivity contribution in [1.29, 1.82) is 0 Å². The first kappa shape index (κ1) is 85.8. The number of rotatable bonds is 0. The third kappa shape index (κ3) is 128. The minimum absolute atomic E-state index is 0. The van der Waals surface area contributed by atoms with Gasteiger partial charge in [-0.15, -0.1) is 0 Å². The fraction of sp³-hybridized carbons (Fsp3) is 0.200. The molecule has 0 radical (unpaired) electrons. The quantitative estimate of drug-likeness (QED) is 0.420. The van der Waals surface area contributed by atoms with Crippen LogP contribution in [0.1, 0.15) is 6.92 Å². The summed E-state index contributed by atoms with van der Waals surface area (Å²) in [5, 5.41) is 0. The standard InChI is InChI=1S/C2H5.3CH3.2Zn/c1-2;;;;;/h1H2,2H3;3*1H3;;/q4*-1;2*+2. The molecular weight excluding hydrogens is 191 g/mol. The van der Waals surface area contributed by atoms with E-state index in [4.69, 9.17) is 0 Å². The molecule has 0 aromatic carbocycles. The Morgan fingerprint density at radius 2 is 0.714 bits per heavy atom. The molecule has 0 rings (SSSR count). The van der Waals surface area contributed by atoms with Crippen molar-refractivity contribution in [2.75, 3.05) is 0 Å². The molecule has 0 atom stereocenters. The molecule has 0 aliphatic carbocycles. The average Bonchev–Trinajstić information content (AvgIpc) is 1.00. The molecule has 0 N–H and O–H groups in total. The van der Waals surface area contributed by atoms with Crippen molar-refractivity contribution in [1.82, 2.24) is 0 Å². The van der Waals surface area contributed by atoms with Crippen molar-refractivity contribution in [2.45, 2.75) is 6.92 Å². The zero-order chi connectivity index (χ0) is 2.00. The molecule has 0 aliphatic rings. The molecular formula is C5H14Zn2. The second-order valence-electron chi connectivity index (χ2n) is 0. The Labute approximate surface area is 75.0 Å². The van der Waals surface area contributed by atoms with Crippen LogP contribution < -0.4 is 0 Å². The van der Waals surface area contributed by atoms with E-state index in [9.17, 15) is 0 Å². The molecule has 0 saturated carbocycles. The van der Waals surface area contributed by atoms with E-state index in [1.54, 1.807) is 6.92 Å². The van der Waals surface area contributed by atoms with Crippen LogP contribution in [0.4, 0.5) is 0 Å². The summed E-state index contributed by atoms with van der Waals surface area (Å²) in [5.41, 5.74) is 0. The van der Waals surface area contributed by atoms with Crippen LogP contribution in [0.15, 0.2) is 0 Å². The van der Waals surface area contributed by atoms with Crippen LogP contribution in [0.5, 0.6) is 0 Å². The summed E-state index contributed by atoms with van der Waals surface area (Å²) in [5.74, 6) is 0. The van der Waals surface area contributed by atoms with Crippen molar-refractivity contribution in [2.24, 2.45) is 0 Å². The fourth-order valence-electron chi connectivity index (χ4n) is 0. The minimum Gasteiger partial charge on any atom is -0.358 e. The number of hydrogen-bond donors (Lipinski definition) is 0. The summed E-state index contributed by atoms with van der Waals surface area (Å²) in [6.07, 6.45) is 0. The molecule has 0 aromatic rings. The van der Waals surface area contributed by atoms with E-state index in [2.05, 4.69) is 6.92 Å². The van der Waals surface area contributed by atoms with Gasteiger partial charge in [0.1, 0.15) is 0 Å². The molecule has 0 amide bonds. The zero-order valence-electron chi connectivity index (χ0n) is 6.12. The van der Waals surface area contributed by atoms with E-state index in [1.807, 2.05) is 0 Å². The van der Waals surface area contributed by atoms with Gasteiger partial charge in [0.2, 0.25) is 0 Å². The summed E-state index contributed by atoms with van der Waals surface area (Å²) in [6.45, 7) is 5.00. The van der Waals surface area contributed by atoms with Gasteiger partial charge in [0, 0.05) is 0 Å². The largest absolute Gasteiger partial charge is 2.00 e. The van der Waals surface area contributed by atoms with Crippen LogP contribution in [0.25, 0.3) is 0 Å². The molecule has 0 fully saturated rings. The Morgan fingerprint density at radius 3 is 0.714 bits per heavy atom. The van der Waals surface area contributed by atoms with Crippen LogP contribution in [0.2, 0.25) is 0 Å². The summed E-state index contributed by atoms with van der Waals surface area (Å²) in [7, 11) is 0. The molecule has 0 bridgehead atoms. The second kappa shape index (κ2) is 182. The van der Waals surface area contributed by atoms with Crippen LogP contribution in [0.3, 0.4) is 0 Å². The van der Waals surface area contributed by atoms with Crippen LogP contribution in [0, 0.1) is 29.2 Å². The second-order valence-corrected chi connectivity index (χ2v) is 0. The van der Waals surface area contributed by atoms with Gasteiger partial charge in [0.25, 0.3) is 0 Å².